The monoisotopic (exact) mass is 302 g/mol. The maximum atomic E-state index is 11.5. The summed E-state index contributed by atoms with van der Waals surface area (Å²) in [4.78, 5) is 22.1. The number of aliphatic hydroxyl groups is 1. The second-order valence-corrected chi connectivity index (χ2v) is 6.09. The number of aromatic nitrogens is 4. The molecule has 2 aromatic heterocycles. The summed E-state index contributed by atoms with van der Waals surface area (Å²) in [5, 5.41) is 9.80. The summed E-state index contributed by atoms with van der Waals surface area (Å²) in [5.74, 6) is 0. The molecule has 8 heteroatoms. The van der Waals surface area contributed by atoms with Gasteiger partial charge in [-0.2, -0.15) is 0 Å². The van der Waals surface area contributed by atoms with Gasteiger partial charge in [0.25, 0.3) is 0 Å². The number of nitrogens with one attached hydrogen (secondary N) is 1. The Hall–Kier alpha value is -1.21. The van der Waals surface area contributed by atoms with Crippen LogP contribution in [0.1, 0.15) is 6.23 Å². The molecule has 0 spiro atoms. The van der Waals surface area contributed by atoms with Crippen LogP contribution in [0.3, 0.4) is 0 Å². The van der Waals surface area contributed by atoms with Gasteiger partial charge in [0.05, 0.1) is 0 Å². The van der Waals surface area contributed by atoms with Gasteiger partial charge in [0, 0.05) is 0 Å². The molecule has 0 unspecified atom stereocenters. The van der Waals surface area contributed by atoms with Gasteiger partial charge in [-0.15, -0.1) is 0 Å². The molecule has 0 radical (unpaired) electrons. The Morgan fingerprint density at radius 3 is 3.29 bits per heavy atom. The van der Waals surface area contributed by atoms with Crippen molar-refractivity contribution in [2.75, 3.05) is 6.61 Å². The molecule has 0 bridgehead atoms. The average molecular weight is 301 g/mol. The molecule has 0 saturated carbocycles. The van der Waals surface area contributed by atoms with Crippen molar-refractivity contribution in [3.8, 4) is 0 Å². The van der Waals surface area contributed by atoms with E-state index in [0.717, 1.165) is 5.32 Å². The van der Waals surface area contributed by atoms with Gasteiger partial charge in [0.2, 0.25) is 0 Å². The number of imidazole rings is 1. The van der Waals surface area contributed by atoms with Gasteiger partial charge in [-0.1, -0.05) is 0 Å². The van der Waals surface area contributed by atoms with Crippen LogP contribution in [0, 0.1) is 0 Å². The van der Waals surface area contributed by atoms with Crippen LogP contribution in [0.5, 0.6) is 0 Å². The molecule has 3 heterocycles. The predicted octanol–water partition coefficient (Wildman–Crippen LogP) is -0.911. The second kappa shape index (κ2) is 4.23. The van der Waals surface area contributed by atoms with Crippen molar-refractivity contribution in [1.29, 1.82) is 0 Å². The van der Waals surface area contributed by atoms with Crippen LogP contribution >= 0.6 is 0 Å². The van der Waals surface area contributed by atoms with Crippen molar-refractivity contribution in [1.82, 2.24) is 19.5 Å². The standard InChI is InChI=1S/C9H10N4O3Se/c14-1-6-16-5(2-17-6)13-4-12-7-8(13)10-3-11-9(7)15/h3-6,14H,1-2H2,(H,10,11,15)/t5-,6-/m1/s1. The number of rotatable bonds is 2. The molecule has 17 heavy (non-hydrogen) atoms. The molecule has 1 aliphatic heterocycles. The third-order valence-electron chi connectivity index (χ3n) is 2.56. The van der Waals surface area contributed by atoms with Crippen LogP contribution < -0.4 is 5.56 Å². The zero-order chi connectivity index (χ0) is 11.8. The molecule has 1 aliphatic rings. The first-order valence-electron chi connectivity index (χ1n) is 5.07. The van der Waals surface area contributed by atoms with Crippen LogP contribution in [0.25, 0.3) is 11.2 Å². The molecule has 2 aromatic rings. The summed E-state index contributed by atoms with van der Waals surface area (Å²) < 4.78 is 7.40. The van der Waals surface area contributed by atoms with Gasteiger partial charge >= 0.3 is 102 Å². The molecule has 2 atom stereocenters. The van der Waals surface area contributed by atoms with Crippen molar-refractivity contribution in [2.24, 2.45) is 0 Å². The molecular formula is C9H10N4O3Se. The Kier molecular flexibility index (Phi) is 2.71. The van der Waals surface area contributed by atoms with Gasteiger partial charge in [-0.3, -0.25) is 0 Å². The van der Waals surface area contributed by atoms with E-state index in [0.29, 0.717) is 11.2 Å². The van der Waals surface area contributed by atoms with E-state index in [1.165, 1.54) is 6.33 Å². The molecule has 3 rings (SSSR count). The van der Waals surface area contributed by atoms with Crippen molar-refractivity contribution < 1.29 is 9.84 Å². The zero-order valence-corrected chi connectivity index (χ0v) is 10.5. The number of fused-ring (bicyclic) bond motifs is 1. The van der Waals surface area contributed by atoms with Gasteiger partial charge < -0.3 is 0 Å². The second-order valence-electron chi connectivity index (χ2n) is 3.59. The summed E-state index contributed by atoms with van der Waals surface area (Å²) in [6, 6.07) is 0. The molecule has 0 aliphatic carbocycles. The minimum absolute atomic E-state index is 0.0388. The Bertz CT molecular complexity index is 595. The summed E-state index contributed by atoms with van der Waals surface area (Å²) >= 11 is 0.247. The van der Waals surface area contributed by atoms with E-state index < -0.39 is 0 Å². The number of nitrogens with zero attached hydrogens (tertiary/aromatic N) is 3. The maximum absolute atomic E-state index is 11.5. The fraction of sp³-hybridized carbons (Fsp3) is 0.444. The molecule has 2 N–H and O–H groups in total. The third-order valence-corrected chi connectivity index (χ3v) is 4.89. The van der Waals surface area contributed by atoms with E-state index in [-0.39, 0.29) is 38.4 Å². The van der Waals surface area contributed by atoms with Crippen LogP contribution in [-0.4, -0.2) is 51.2 Å². The summed E-state index contributed by atoms with van der Waals surface area (Å²) in [7, 11) is 0. The van der Waals surface area contributed by atoms with Crippen LogP contribution in [0.2, 0.25) is 5.32 Å². The molecule has 1 saturated heterocycles. The van der Waals surface area contributed by atoms with Crippen LogP contribution in [0.4, 0.5) is 0 Å². The van der Waals surface area contributed by atoms with Crippen molar-refractivity contribution in [2.45, 2.75) is 16.5 Å². The van der Waals surface area contributed by atoms with E-state index in [2.05, 4.69) is 15.0 Å². The van der Waals surface area contributed by atoms with Gasteiger partial charge in [-0.25, -0.2) is 0 Å². The Balaban J connectivity index is 2.02. The number of hydrogen-bond donors (Lipinski definition) is 2. The van der Waals surface area contributed by atoms with Gasteiger partial charge in [0.1, 0.15) is 0 Å². The fourth-order valence-electron chi connectivity index (χ4n) is 1.76. The summed E-state index contributed by atoms with van der Waals surface area (Å²) in [5.41, 5.74) is 0.583. The molecular weight excluding hydrogens is 291 g/mol. The average Bonchev–Trinajstić information content (AvgIpc) is 2.94. The molecule has 0 amide bonds. The Labute approximate surface area is 102 Å². The van der Waals surface area contributed by atoms with Gasteiger partial charge in [-0.05, 0) is 0 Å². The number of aliphatic hydroxyl groups excluding tert-OH is 1. The van der Waals surface area contributed by atoms with Crippen molar-refractivity contribution >= 4 is 26.1 Å². The van der Waals surface area contributed by atoms with Crippen LogP contribution in [0.15, 0.2) is 17.4 Å². The van der Waals surface area contributed by atoms with Crippen LogP contribution in [-0.2, 0) is 4.74 Å². The molecule has 90 valence electrons. The van der Waals surface area contributed by atoms with E-state index in [9.17, 15) is 4.79 Å². The van der Waals surface area contributed by atoms with Crippen molar-refractivity contribution in [3.63, 3.8) is 0 Å². The number of hydrogen-bond acceptors (Lipinski definition) is 5. The topological polar surface area (TPSA) is 93.0 Å². The first-order valence-corrected chi connectivity index (χ1v) is 7.28. The minimum atomic E-state index is -0.254. The third kappa shape index (κ3) is 1.79. The molecule has 7 nitrogen and oxygen atoms in total. The normalized spacial score (nSPS) is 24.5. The van der Waals surface area contributed by atoms with E-state index >= 15 is 0 Å². The number of H-pyrrole nitrogens is 1. The fourth-order valence-corrected chi connectivity index (χ4v) is 3.71. The summed E-state index contributed by atoms with van der Waals surface area (Å²) in [6.45, 7) is 0.0388. The molecule has 0 aromatic carbocycles. The Morgan fingerprint density at radius 2 is 2.53 bits per heavy atom. The number of aromatic amines is 1. The quantitative estimate of drug-likeness (QED) is 0.701. The zero-order valence-electron chi connectivity index (χ0n) is 8.74. The molecule has 1 fully saturated rings. The van der Waals surface area contributed by atoms with Gasteiger partial charge in [0.15, 0.2) is 0 Å². The van der Waals surface area contributed by atoms with E-state index in [1.54, 1.807) is 10.9 Å². The predicted molar refractivity (Wildman–Crippen MR) is 59.7 cm³/mol. The Morgan fingerprint density at radius 1 is 1.65 bits per heavy atom. The van der Waals surface area contributed by atoms with E-state index in [4.69, 9.17) is 9.84 Å². The number of ether oxygens (including phenoxy) is 1. The SMILES string of the molecule is O=c1[nH]cnc2c1ncn2[C@H]1C[Se][C@H](CO)O1. The first kappa shape index (κ1) is 10.9. The van der Waals surface area contributed by atoms with E-state index in [1.807, 2.05) is 0 Å². The summed E-state index contributed by atoms with van der Waals surface area (Å²) in [6.07, 6.45) is 2.74. The van der Waals surface area contributed by atoms with Crippen molar-refractivity contribution in [3.05, 3.63) is 23.0 Å². The first-order chi connectivity index (χ1) is 8.29.